The Kier molecular flexibility index (Phi) is 4.86. The van der Waals surface area contributed by atoms with Crippen LogP contribution in [0.2, 0.25) is 0 Å². The summed E-state index contributed by atoms with van der Waals surface area (Å²) in [5, 5.41) is 18.4. The van der Waals surface area contributed by atoms with Crippen LogP contribution in [0.5, 0.6) is 0 Å². The Morgan fingerprint density at radius 2 is 2.20 bits per heavy atom. The van der Waals surface area contributed by atoms with E-state index < -0.39 is 12.0 Å². The summed E-state index contributed by atoms with van der Waals surface area (Å²) in [5.74, 6) is -0.836. The SMILES string of the molecule is N=N/C(=C\N[C@@H]1CN[C@H](C(=O)O)C1)c1ccc(Br)cc1. The van der Waals surface area contributed by atoms with Gasteiger partial charge in [-0.1, -0.05) is 28.1 Å². The Hall–Kier alpha value is -1.73. The van der Waals surface area contributed by atoms with Crippen molar-refractivity contribution in [2.45, 2.75) is 18.5 Å². The van der Waals surface area contributed by atoms with Gasteiger partial charge in [0.15, 0.2) is 0 Å². The molecule has 2 atom stereocenters. The fraction of sp³-hybridized carbons (Fsp3) is 0.308. The first kappa shape index (κ1) is 14.7. The van der Waals surface area contributed by atoms with Crippen molar-refractivity contribution in [2.75, 3.05) is 6.54 Å². The Balaban J connectivity index is 2.00. The van der Waals surface area contributed by atoms with Crippen molar-refractivity contribution in [2.24, 2.45) is 5.11 Å². The number of rotatable bonds is 5. The summed E-state index contributed by atoms with van der Waals surface area (Å²) in [5.41, 5.74) is 8.57. The molecule has 1 aliphatic heterocycles. The first-order chi connectivity index (χ1) is 9.60. The van der Waals surface area contributed by atoms with E-state index in [4.69, 9.17) is 10.6 Å². The molecule has 1 aromatic rings. The molecule has 0 unspecified atom stereocenters. The molecule has 0 spiro atoms. The zero-order valence-electron chi connectivity index (χ0n) is 10.6. The molecule has 1 aromatic carbocycles. The van der Waals surface area contributed by atoms with E-state index >= 15 is 0 Å². The van der Waals surface area contributed by atoms with Gasteiger partial charge in [-0.05, 0) is 18.6 Å². The minimum Gasteiger partial charge on any atom is -0.480 e. The topological polar surface area (TPSA) is 97.6 Å². The van der Waals surface area contributed by atoms with Crippen LogP contribution >= 0.6 is 15.9 Å². The molecule has 0 aliphatic carbocycles. The minimum absolute atomic E-state index is 0.0308. The van der Waals surface area contributed by atoms with Crippen molar-refractivity contribution in [3.05, 3.63) is 40.5 Å². The molecule has 0 aromatic heterocycles. The van der Waals surface area contributed by atoms with E-state index in [1.165, 1.54) is 0 Å². The van der Waals surface area contributed by atoms with E-state index in [1.807, 2.05) is 24.3 Å². The lowest BCUT2D eigenvalue weighted by molar-refractivity contribution is -0.139. The molecule has 6 nitrogen and oxygen atoms in total. The smallest absolute Gasteiger partial charge is 0.320 e. The van der Waals surface area contributed by atoms with Gasteiger partial charge in [0.2, 0.25) is 0 Å². The van der Waals surface area contributed by atoms with Crippen LogP contribution in [0.3, 0.4) is 0 Å². The lowest BCUT2D eigenvalue weighted by atomic mass is 10.1. The van der Waals surface area contributed by atoms with Gasteiger partial charge in [0.05, 0.1) is 0 Å². The van der Waals surface area contributed by atoms with Crippen LogP contribution in [0.4, 0.5) is 0 Å². The number of halogens is 1. The number of carbonyl (C=O) groups is 1. The third kappa shape index (κ3) is 3.64. The number of hydrogen-bond donors (Lipinski definition) is 4. The summed E-state index contributed by atoms with van der Waals surface area (Å²) in [6, 6.07) is 7.01. The molecule has 4 N–H and O–H groups in total. The van der Waals surface area contributed by atoms with E-state index in [2.05, 4.69) is 31.7 Å². The van der Waals surface area contributed by atoms with Crippen molar-refractivity contribution >= 4 is 27.6 Å². The third-order valence-electron chi connectivity index (χ3n) is 3.15. The summed E-state index contributed by atoms with van der Waals surface area (Å²) in [7, 11) is 0. The predicted octanol–water partition coefficient (Wildman–Crippen LogP) is 2.18. The lowest BCUT2D eigenvalue weighted by Gasteiger charge is -2.09. The van der Waals surface area contributed by atoms with Crippen LogP contribution in [0.1, 0.15) is 12.0 Å². The molecule has 2 rings (SSSR count). The maximum atomic E-state index is 10.8. The molecule has 7 heteroatoms. The van der Waals surface area contributed by atoms with Crippen LogP contribution in [0.25, 0.3) is 5.70 Å². The lowest BCUT2D eigenvalue weighted by Crippen LogP contribution is -2.30. The van der Waals surface area contributed by atoms with Gasteiger partial charge in [-0.2, -0.15) is 5.11 Å². The number of benzene rings is 1. The minimum atomic E-state index is -0.836. The molecule has 1 saturated heterocycles. The molecule has 0 saturated carbocycles. The zero-order valence-corrected chi connectivity index (χ0v) is 12.2. The van der Waals surface area contributed by atoms with Crippen molar-refractivity contribution in [1.29, 1.82) is 5.53 Å². The van der Waals surface area contributed by atoms with E-state index in [-0.39, 0.29) is 6.04 Å². The molecule has 0 amide bonds. The molecule has 1 aliphatic rings. The number of nitrogens with one attached hydrogen (secondary N) is 3. The highest BCUT2D eigenvalue weighted by Crippen LogP contribution is 2.18. The van der Waals surface area contributed by atoms with Gasteiger partial charge < -0.3 is 15.7 Å². The van der Waals surface area contributed by atoms with Gasteiger partial charge in [0.1, 0.15) is 11.7 Å². The van der Waals surface area contributed by atoms with Crippen molar-refractivity contribution in [3.63, 3.8) is 0 Å². The fourth-order valence-electron chi connectivity index (χ4n) is 2.05. The quantitative estimate of drug-likeness (QED) is 0.618. The first-order valence-electron chi connectivity index (χ1n) is 6.16. The first-order valence-corrected chi connectivity index (χ1v) is 6.95. The van der Waals surface area contributed by atoms with Crippen LogP contribution < -0.4 is 10.6 Å². The van der Waals surface area contributed by atoms with Crippen LogP contribution in [-0.4, -0.2) is 29.7 Å². The highest BCUT2D eigenvalue weighted by atomic mass is 79.9. The Labute approximate surface area is 124 Å². The Morgan fingerprint density at radius 3 is 2.75 bits per heavy atom. The van der Waals surface area contributed by atoms with E-state index in [9.17, 15) is 4.79 Å². The van der Waals surface area contributed by atoms with Gasteiger partial charge in [-0.25, -0.2) is 5.53 Å². The zero-order chi connectivity index (χ0) is 14.5. The largest absolute Gasteiger partial charge is 0.480 e. The number of hydrogen-bond acceptors (Lipinski definition) is 5. The normalized spacial score (nSPS) is 22.6. The fourth-order valence-corrected chi connectivity index (χ4v) is 2.31. The van der Waals surface area contributed by atoms with Crippen LogP contribution in [-0.2, 0) is 4.79 Å². The van der Waals surface area contributed by atoms with E-state index in [0.29, 0.717) is 18.7 Å². The summed E-state index contributed by atoms with van der Waals surface area (Å²) in [6.07, 6.45) is 2.17. The number of carboxylic acid groups (broad SMARTS) is 1. The summed E-state index contributed by atoms with van der Waals surface area (Å²) >= 11 is 3.35. The third-order valence-corrected chi connectivity index (χ3v) is 3.67. The molecular formula is C13H15BrN4O2. The summed E-state index contributed by atoms with van der Waals surface area (Å²) in [6.45, 7) is 0.582. The highest BCUT2D eigenvalue weighted by Gasteiger charge is 2.28. The van der Waals surface area contributed by atoms with Gasteiger partial charge >= 0.3 is 5.97 Å². The van der Waals surface area contributed by atoms with E-state index in [0.717, 1.165) is 10.0 Å². The van der Waals surface area contributed by atoms with Crippen molar-refractivity contribution < 1.29 is 9.90 Å². The molecule has 1 heterocycles. The molecule has 1 fully saturated rings. The average molecular weight is 339 g/mol. The second kappa shape index (κ2) is 6.62. The second-order valence-corrected chi connectivity index (χ2v) is 5.46. The summed E-state index contributed by atoms with van der Waals surface area (Å²) < 4.78 is 0.961. The molecule has 0 radical (unpaired) electrons. The van der Waals surface area contributed by atoms with Crippen LogP contribution in [0.15, 0.2) is 40.1 Å². The second-order valence-electron chi connectivity index (χ2n) is 4.55. The number of aliphatic carboxylic acids is 1. The van der Waals surface area contributed by atoms with Gasteiger partial charge in [0, 0.05) is 28.8 Å². The maximum Gasteiger partial charge on any atom is 0.320 e. The Morgan fingerprint density at radius 1 is 1.50 bits per heavy atom. The molecule has 0 bridgehead atoms. The Bertz CT molecular complexity index is 530. The standard InChI is InChI=1S/C13H15BrN4O2/c14-9-3-1-8(2-4-9)12(18-15)7-16-10-5-11(13(19)20)17-6-10/h1-4,7,10-11,15-17H,5-6H2,(H,19,20)/b12-7-,18-15?/t10-,11-/m0/s1. The summed E-state index contributed by atoms with van der Waals surface area (Å²) in [4.78, 5) is 10.8. The predicted molar refractivity (Wildman–Crippen MR) is 78.2 cm³/mol. The van der Waals surface area contributed by atoms with Gasteiger partial charge in [-0.15, -0.1) is 0 Å². The average Bonchev–Trinajstić information content (AvgIpc) is 2.90. The maximum absolute atomic E-state index is 10.8. The monoisotopic (exact) mass is 338 g/mol. The number of nitrogens with zero attached hydrogens (tertiary/aromatic N) is 1. The van der Waals surface area contributed by atoms with Crippen molar-refractivity contribution in [3.8, 4) is 0 Å². The molecule has 106 valence electrons. The number of carboxylic acids is 1. The molecular weight excluding hydrogens is 324 g/mol. The highest BCUT2D eigenvalue weighted by molar-refractivity contribution is 9.10. The molecule has 20 heavy (non-hydrogen) atoms. The van der Waals surface area contributed by atoms with Gasteiger partial charge in [-0.3, -0.25) is 4.79 Å². The van der Waals surface area contributed by atoms with E-state index in [1.54, 1.807) is 6.20 Å². The van der Waals surface area contributed by atoms with Crippen LogP contribution in [0, 0.1) is 5.53 Å². The van der Waals surface area contributed by atoms with Crippen molar-refractivity contribution in [1.82, 2.24) is 10.6 Å². The van der Waals surface area contributed by atoms with Gasteiger partial charge in [0.25, 0.3) is 0 Å².